The minimum atomic E-state index is -6.09. The van der Waals surface area contributed by atoms with E-state index in [1.807, 2.05) is 52.0 Å². The third-order valence-corrected chi connectivity index (χ3v) is 6.79. The molecule has 0 N–H and O–H groups in total. The van der Waals surface area contributed by atoms with E-state index in [1.165, 1.54) is 7.14 Å². The standard InChI is InChI=1S/C20H26IO4.CHF3O3S/c1-5-22-15(3)24-19-11-7-17(8-12-19)21-18-9-13-20(14-10-18)25-16(4)23-6-2;2-1(3,4)8(5,6)7/h7-16H,5-6H2,1-4H3;(H,5,6,7)/q+1;/p-1. The Morgan fingerprint density at radius 2 is 1.12 bits per heavy atom. The SMILES string of the molecule is CCOC(C)Oc1ccc([I+]c2ccc(OC(C)OCC)cc2)cc1.O=S(=O)([O-])C(F)(F)F. The van der Waals surface area contributed by atoms with Gasteiger partial charge in [0.2, 0.25) is 0 Å². The molecule has 0 saturated carbocycles. The number of benzene rings is 2. The van der Waals surface area contributed by atoms with Crippen molar-refractivity contribution in [2.75, 3.05) is 13.2 Å². The Morgan fingerprint density at radius 3 is 1.36 bits per heavy atom. The van der Waals surface area contributed by atoms with E-state index >= 15 is 0 Å². The van der Waals surface area contributed by atoms with Crippen LogP contribution in [0, 0.1) is 7.14 Å². The molecule has 0 amide bonds. The lowest BCUT2D eigenvalue weighted by atomic mass is 10.3. The van der Waals surface area contributed by atoms with Crippen molar-refractivity contribution < 1.29 is 66.3 Å². The number of halogens is 4. The van der Waals surface area contributed by atoms with Crippen molar-refractivity contribution in [2.45, 2.75) is 45.8 Å². The molecule has 0 heterocycles. The van der Waals surface area contributed by atoms with Gasteiger partial charge in [-0.25, -0.2) is 8.42 Å². The van der Waals surface area contributed by atoms with Gasteiger partial charge in [0, 0.05) is 13.2 Å². The van der Waals surface area contributed by atoms with Gasteiger partial charge in [-0.2, -0.15) is 13.2 Å². The van der Waals surface area contributed by atoms with Crippen molar-refractivity contribution in [1.82, 2.24) is 0 Å². The second-order valence-electron chi connectivity index (χ2n) is 6.18. The van der Waals surface area contributed by atoms with E-state index in [1.54, 1.807) is 0 Å². The molecule has 0 spiro atoms. The van der Waals surface area contributed by atoms with E-state index < -0.39 is 15.6 Å². The summed E-state index contributed by atoms with van der Waals surface area (Å²) in [5.41, 5.74) is -5.65. The predicted molar refractivity (Wildman–Crippen MR) is 109 cm³/mol. The first-order valence-electron chi connectivity index (χ1n) is 9.79. The summed E-state index contributed by atoms with van der Waals surface area (Å²) in [5.74, 6) is 1.67. The molecule has 2 aromatic rings. The van der Waals surface area contributed by atoms with Crippen LogP contribution in [0.2, 0.25) is 0 Å². The molecule has 2 rings (SSSR count). The van der Waals surface area contributed by atoms with Crippen molar-refractivity contribution in [2.24, 2.45) is 0 Å². The molecule has 12 heteroatoms. The maximum atomic E-state index is 10.7. The minimum Gasteiger partial charge on any atom is -0.741 e. The first kappa shape index (κ1) is 29.4. The zero-order valence-corrected chi connectivity index (χ0v) is 21.4. The maximum Gasteiger partial charge on any atom is 0.485 e. The molecular weight excluding hydrogens is 580 g/mol. The number of hydrogen-bond acceptors (Lipinski definition) is 7. The third kappa shape index (κ3) is 11.9. The van der Waals surface area contributed by atoms with Gasteiger partial charge in [-0.3, -0.25) is 0 Å². The van der Waals surface area contributed by atoms with Crippen LogP contribution in [-0.2, 0) is 19.6 Å². The Kier molecular flexibility index (Phi) is 12.4. The minimum absolute atomic E-state index is 0.225. The lowest BCUT2D eigenvalue weighted by molar-refractivity contribution is -0.597. The van der Waals surface area contributed by atoms with E-state index in [4.69, 9.17) is 31.9 Å². The summed E-state index contributed by atoms with van der Waals surface area (Å²) in [6, 6.07) is 16.5. The van der Waals surface area contributed by atoms with Gasteiger partial charge in [0.1, 0.15) is 11.5 Å². The van der Waals surface area contributed by atoms with Crippen molar-refractivity contribution in [1.29, 1.82) is 0 Å². The molecule has 0 fully saturated rings. The maximum absolute atomic E-state index is 10.7. The Balaban J connectivity index is 0.000000582. The zero-order valence-electron chi connectivity index (χ0n) is 18.5. The molecule has 0 saturated heterocycles. The van der Waals surface area contributed by atoms with Crippen molar-refractivity contribution in [3.63, 3.8) is 0 Å². The molecule has 186 valence electrons. The summed E-state index contributed by atoms with van der Waals surface area (Å²) in [5, 5.41) is 0. The number of ether oxygens (including phenoxy) is 4. The Hall–Kier alpha value is -1.61. The van der Waals surface area contributed by atoms with Crippen LogP contribution in [0.5, 0.6) is 11.5 Å². The van der Waals surface area contributed by atoms with Crippen molar-refractivity contribution >= 4 is 10.1 Å². The van der Waals surface area contributed by atoms with Gasteiger partial charge in [0.25, 0.3) is 0 Å². The Labute approximate surface area is 202 Å². The van der Waals surface area contributed by atoms with E-state index in [2.05, 4.69) is 24.3 Å². The quantitative estimate of drug-likeness (QED) is 0.175. The highest BCUT2D eigenvalue weighted by molar-refractivity contribution is 7.86. The van der Waals surface area contributed by atoms with Crippen LogP contribution in [0.15, 0.2) is 48.5 Å². The summed E-state index contributed by atoms with van der Waals surface area (Å²) >= 11 is -0.227. The molecule has 2 aromatic carbocycles. The fraction of sp³-hybridized carbons (Fsp3) is 0.429. The van der Waals surface area contributed by atoms with Crippen molar-refractivity contribution in [3.8, 4) is 11.5 Å². The highest BCUT2D eigenvalue weighted by Gasteiger charge is 2.36. The summed E-state index contributed by atoms with van der Waals surface area (Å²) in [7, 11) is -6.09. The fourth-order valence-electron chi connectivity index (χ4n) is 2.20. The average molecular weight is 606 g/mol. The molecule has 0 aromatic heterocycles. The molecule has 33 heavy (non-hydrogen) atoms. The van der Waals surface area contributed by atoms with E-state index in [-0.39, 0.29) is 33.8 Å². The average Bonchev–Trinajstić information content (AvgIpc) is 2.70. The van der Waals surface area contributed by atoms with E-state index in [0.717, 1.165) is 11.5 Å². The van der Waals surface area contributed by atoms with Crippen LogP contribution >= 0.6 is 0 Å². The van der Waals surface area contributed by atoms with Crippen LogP contribution in [0.3, 0.4) is 0 Å². The monoisotopic (exact) mass is 606 g/mol. The number of alkyl halides is 3. The number of hydrogen-bond donors (Lipinski definition) is 0. The molecule has 0 aliphatic heterocycles. The lowest BCUT2D eigenvalue weighted by Crippen LogP contribution is -3.61. The van der Waals surface area contributed by atoms with Crippen molar-refractivity contribution in [3.05, 3.63) is 55.7 Å². The second-order valence-corrected chi connectivity index (χ2v) is 10.6. The molecule has 7 nitrogen and oxygen atoms in total. The lowest BCUT2D eigenvalue weighted by Gasteiger charge is -2.13. The Bertz CT molecular complexity index is 865. The van der Waals surface area contributed by atoms with Gasteiger partial charge in [-0.05, 0) is 76.2 Å². The number of rotatable bonds is 10. The highest BCUT2D eigenvalue weighted by atomic mass is 127. The molecule has 2 unspecified atom stereocenters. The van der Waals surface area contributed by atoms with Crippen LogP contribution in [-0.4, -0.2) is 44.3 Å². The van der Waals surface area contributed by atoms with Gasteiger partial charge in [-0.15, -0.1) is 0 Å². The predicted octanol–water partition coefficient (Wildman–Crippen LogP) is 1.39. The van der Waals surface area contributed by atoms with Gasteiger partial charge in [-0.1, -0.05) is 0 Å². The molecule has 0 radical (unpaired) electrons. The molecular formula is C21H26F3IO7S. The smallest absolute Gasteiger partial charge is 0.485 e. The van der Waals surface area contributed by atoms with Gasteiger partial charge in [0.05, 0.1) is 0 Å². The molecule has 0 aliphatic rings. The van der Waals surface area contributed by atoms with E-state index in [9.17, 15) is 13.2 Å². The van der Waals surface area contributed by atoms with Gasteiger partial charge >= 0.3 is 26.7 Å². The molecule has 0 aliphatic carbocycles. The largest absolute Gasteiger partial charge is 0.741 e. The molecule has 2 atom stereocenters. The Morgan fingerprint density at radius 1 is 0.818 bits per heavy atom. The van der Waals surface area contributed by atoms with Crippen LogP contribution in [0.1, 0.15) is 27.7 Å². The fourth-order valence-corrected chi connectivity index (χ4v) is 4.36. The summed E-state index contributed by atoms with van der Waals surface area (Å²) in [6.45, 7) is 9.02. The highest BCUT2D eigenvalue weighted by Crippen LogP contribution is 2.20. The summed E-state index contributed by atoms with van der Waals surface area (Å²) in [4.78, 5) is 0. The zero-order chi connectivity index (χ0) is 25.1. The van der Waals surface area contributed by atoms with Gasteiger partial charge < -0.3 is 23.5 Å². The van der Waals surface area contributed by atoms with Crippen LogP contribution in [0.4, 0.5) is 13.2 Å². The van der Waals surface area contributed by atoms with E-state index in [0.29, 0.717) is 13.2 Å². The van der Waals surface area contributed by atoms with Gasteiger partial charge in [0.15, 0.2) is 29.8 Å². The first-order chi connectivity index (χ1) is 15.4. The molecule has 0 bridgehead atoms. The first-order valence-corrected chi connectivity index (χ1v) is 13.4. The summed E-state index contributed by atoms with van der Waals surface area (Å²) in [6.07, 6.45) is -0.450. The van der Waals surface area contributed by atoms with Crippen LogP contribution < -0.4 is 30.7 Å². The normalized spacial score (nSPS) is 13.5. The van der Waals surface area contributed by atoms with Crippen LogP contribution in [0.25, 0.3) is 0 Å². The summed E-state index contributed by atoms with van der Waals surface area (Å²) < 4.78 is 83.7. The third-order valence-electron chi connectivity index (χ3n) is 3.54. The second kappa shape index (κ2) is 13.9. The topological polar surface area (TPSA) is 94.1 Å².